The number of benzene rings is 1. The lowest BCUT2D eigenvalue weighted by molar-refractivity contribution is 0.571. The molecule has 0 atom stereocenters. The van der Waals surface area contributed by atoms with E-state index < -0.39 is 0 Å². The summed E-state index contributed by atoms with van der Waals surface area (Å²) in [5.41, 5.74) is 2.54. The van der Waals surface area contributed by atoms with Crippen LogP contribution in [0, 0.1) is 12.7 Å². The molecule has 2 heterocycles. The summed E-state index contributed by atoms with van der Waals surface area (Å²) in [6.45, 7) is 5.79. The molecule has 120 valence electrons. The van der Waals surface area contributed by atoms with Crippen LogP contribution in [0.3, 0.4) is 0 Å². The summed E-state index contributed by atoms with van der Waals surface area (Å²) in [4.78, 5) is 0. The van der Waals surface area contributed by atoms with Crippen LogP contribution in [-0.4, -0.2) is 24.8 Å². The van der Waals surface area contributed by atoms with E-state index in [4.69, 9.17) is 0 Å². The van der Waals surface area contributed by atoms with E-state index in [9.17, 15) is 4.39 Å². The molecule has 0 amide bonds. The Hall–Kier alpha value is -2.70. The van der Waals surface area contributed by atoms with Crippen molar-refractivity contribution in [2.75, 3.05) is 5.32 Å². The summed E-state index contributed by atoms with van der Waals surface area (Å²) in [6, 6.07) is 6.69. The first-order chi connectivity index (χ1) is 11.2. The second kappa shape index (κ2) is 6.60. The summed E-state index contributed by atoms with van der Waals surface area (Å²) in [6.07, 6.45) is 3.82. The number of halogens is 1. The van der Waals surface area contributed by atoms with Gasteiger partial charge in [-0.1, -0.05) is 23.4 Å². The third kappa shape index (κ3) is 3.39. The molecule has 6 nitrogen and oxygen atoms in total. The fourth-order valence-corrected chi connectivity index (χ4v) is 2.32. The first kappa shape index (κ1) is 15.2. The van der Waals surface area contributed by atoms with Gasteiger partial charge >= 0.3 is 0 Å². The standard InChI is InChI=1S/C16H19FN6/c1-3-22-10-13(9-19-22)8-18-16-12(2)23(21-20-16)11-14-6-4-5-7-15(14)17/h4-7,9-10,18H,3,8,11H2,1-2H3. The zero-order chi connectivity index (χ0) is 16.2. The van der Waals surface area contributed by atoms with E-state index in [1.54, 1.807) is 16.8 Å². The molecule has 0 bridgehead atoms. The second-order valence-electron chi connectivity index (χ2n) is 5.33. The van der Waals surface area contributed by atoms with Crippen LogP contribution in [0.2, 0.25) is 0 Å². The van der Waals surface area contributed by atoms with Crippen molar-refractivity contribution in [3.05, 3.63) is 59.3 Å². The maximum atomic E-state index is 13.7. The predicted molar refractivity (Wildman–Crippen MR) is 85.5 cm³/mol. The molecule has 0 unspecified atom stereocenters. The minimum absolute atomic E-state index is 0.233. The van der Waals surface area contributed by atoms with Crippen molar-refractivity contribution in [2.24, 2.45) is 0 Å². The van der Waals surface area contributed by atoms with E-state index in [1.165, 1.54) is 6.07 Å². The Bertz CT molecular complexity index is 791. The number of aromatic nitrogens is 5. The molecule has 7 heteroatoms. The quantitative estimate of drug-likeness (QED) is 0.760. The lowest BCUT2D eigenvalue weighted by atomic mass is 10.2. The molecular weight excluding hydrogens is 295 g/mol. The molecule has 0 aliphatic carbocycles. The van der Waals surface area contributed by atoms with Gasteiger partial charge in [0.15, 0.2) is 5.82 Å². The van der Waals surface area contributed by atoms with Gasteiger partial charge in [-0.15, -0.1) is 5.10 Å². The van der Waals surface area contributed by atoms with Crippen LogP contribution in [-0.2, 0) is 19.6 Å². The van der Waals surface area contributed by atoms with E-state index in [0.29, 0.717) is 24.5 Å². The maximum absolute atomic E-state index is 13.7. The fraction of sp³-hybridized carbons (Fsp3) is 0.312. The van der Waals surface area contributed by atoms with Gasteiger partial charge in [-0.3, -0.25) is 4.68 Å². The van der Waals surface area contributed by atoms with Gasteiger partial charge in [0.05, 0.1) is 18.4 Å². The van der Waals surface area contributed by atoms with E-state index in [1.807, 2.05) is 37.0 Å². The van der Waals surface area contributed by atoms with Gasteiger partial charge in [0, 0.05) is 30.4 Å². The summed E-state index contributed by atoms with van der Waals surface area (Å²) in [5.74, 6) is 0.467. The third-order valence-electron chi connectivity index (χ3n) is 3.73. The van der Waals surface area contributed by atoms with Crippen molar-refractivity contribution in [3.8, 4) is 0 Å². The van der Waals surface area contributed by atoms with Crippen LogP contribution in [0.25, 0.3) is 0 Å². The number of nitrogens with one attached hydrogen (secondary N) is 1. The average Bonchev–Trinajstić information content (AvgIpc) is 3.15. The molecule has 2 aromatic heterocycles. The van der Waals surface area contributed by atoms with Crippen LogP contribution >= 0.6 is 0 Å². The topological polar surface area (TPSA) is 60.6 Å². The number of aryl methyl sites for hydroxylation is 1. The molecular formula is C16H19FN6. The van der Waals surface area contributed by atoms with Crippen molar-refractivity contribution in [1.82, 2.24) is 24.8 Å². The Morgan fingerprint density at radius 2 is 2.09 bits per heavy atom. The lowest BCUT2D eigenvalue weighted by Gasteiger charge is -2.06. The van der Waals surface area contributed by atoms with Crippen molar-refractivity contribution in [1.29, 1.82) is 0 Å². The zero-order valence-electron chi connectivity index (χ0n) is 13.2. The van der Waals surface area contributed by atoms with Gasteiger partial charge in [0.1, 0.15) is 5.82 Å². The molecule has 0 saturated heterocycles. The molecule has 23 heavy (non-hydrogen) atoms. The van der Waals surface area contributed by atoms with Crippen molar-refractivity contribution in [3.63, 3.8) is 0 Å². The molecule has 1 N–H and O–H groups in total. The lowest BCUT2D eigenvalue weighted by Crippen LogP contribution is -2.06. The largest absolute Gasteiger partial charge is 0.363 e. The number of anilines is 1. The SMILES string of the molecule is CCn1cc(CNc2nnn(Cc3ccccc3F)c2C)cn1. The molecule has 0 radical (unpaired) electrons. The van der Waals surface area contributed by atoms with E-state index in [0.717, 1.165) is 17.8 Å². The predicted octanol–water partition coefficient (Wildman–Crippen LogP) is 2.60. The van der Waals surface area contributed by atoms with E-state index >= 15 is 0 Å². The number of nitrogens with zero attached hydrogens (tertiary/aromatic N) is 5. The van der Waals surface area contributed by atoms with Crippen LogP contribution in [0.5, 0.6) is 0 Å². The van der Waals surface area contributed by atoms with Gasteiger partial charge in [-0.2, -0.15) is 5.10 Å². The Labute approximate surface area is 133 Å². The van der Waals surface area contributed by atoms with Crippen LogP contribution in [0.15, 0.2) is 36.7 Å². The van der Waals surface area contributed by atoms with Crippen LogP contribution in [0.1, 0.15) is 23.7 Å². The Morgan fingerprint density at radius 1 is 1.26 bits per heavy atom. The first-order valence-electron chi connectivity index (χ1n) is 7.56. The zero-order valence-corrected chi connectivity index (χ0v) is 13.2. The smallest absolute Gasteiger partial charge is 0.171 e. The number of hydrogen-bond acceptors (Lipinski definition) is 4. The minimum atomic E-state index is -0.233. The molecule has 3 aromatic rings. The van der Waals surface area contributed by atoms with Gasteiger partial charge in [0.25, 0.3) is 0 Å². The summed E-state index contributed by atoms with van der Waals surface area (Å²) < 4.78 is 17.3. The van der Waals surface area contributed by atoms with Gasteiger partial charge in [-0.25, -0.2) is 9.07 Å². The molecule has 0 aliphatic heterocycles. The first-order valence-corrected chi connectivity index (χ1v) is 7.56. The summed E-state index contributed by atoms with van der Waals surface area (Å²) in [5, 5.41) is 15.7. The third-order valence-corrected chi connectivity index (χ3v) is 3.73. The highest BCUT2D eigenvalue weighted by atomic mass is 19.1. The van der Waals surface area contributed by atoms with E-state index in [-0.39, 0.29) is 5.82 Å². The van der Waals surface area contributed by atoms with Crippen LogP contribution in [0.4, 0.5) is 10.2 Å². The Kier molecular flexibility index (Phi) is 4.36. The number of rotatable bonds is 6. The highest BCUT2D eigenvalue weighted by Gasteiger charge is 2.10. The molecule has 0 saturated carbocycles. The monoisotopic (exact) mass is 314 g/mol. The Morgan fingerprint density at radius 3 is 2.83 bits per heavy atom. The maximum Gasteiger partial charge on any atom is 0.171 e. The van der Waals surface area contributed by atoms with E-state index in [2.05, 4.69) is 20.7 Å². The molecule has 0 fully saturated rings. The molecule has 1 aromatic carbocycles. The van der Waals surface area contributed by atoms with Crippen molar-refractivity contribution in [2.45, 2.75) is 33.5 Å². The Balaban J connectivity index is 1.68. The van der Waals surface area contributed by atoms with Gasteiger partial charge in [0.2, 0.25) is 0 Å². The molecule has 0 spiro atoms. The molecule has 3 rings (SSSR count). The van der Waals surface area contributed by atoms with Crippen molar-refractivity contribution < 1.29 is 4.39 Å². The highest BCUT2D eigenvalue weighted by Crippen LogP contribution is 2.15. The van der Waals surface area contributed by atoms with Gasteiger partial charge < -0.3 is 5.32 Å². The van der Waals surface area contributed by atoms with Gasteiger partial charge in [-0.05, 0) is 19.9 Å². The number of hydrogen-bond donors (Lipinski definition) is 1. The minimum Gasteiger partial charge on any atom is -0.363 e. The molecule has 0 aliphatic rings. The second-order valence-corrected chi connectivity index (χ2v) is 5.33. The van der Waals surface area contributed by atoms with Crippen molar-refractivity contribution >= 4 is 5.82 Å². The van der Waals surface area contributed by atoms with Crippen LogP contribution < -0.4 is 5.32 Å². The highest BCUT2D eigenvalue weighted by molar-refractivity contribution is 5.39. The average molecular weight is 314 g/mol. The summed E-state index contributed by atoms with van der Waals surface area (Å²) in [7, 11) is 0. The summed E-state index contributed by atoms with van der Waals surface area (Å²) >= 11 is 0. The normalized spacial score (nSPS) is 10.9. The fourth-order valence-electron chi connectivity index (χ4n) is 2.32.